The van der Waals surface area contributed by atoms with E-state index in [0.717, 1.165) is 29.8 Å². The molecule has 0 unspecified atom stereocenters. The summed E-state index contributed by atoms with van der Waals surface area (Å²) in [5.74, 6) is 0.168. The second kappa shape index (κ2) is 10.6. The first-order valence-electron chi connectivity index (χ1n) is 11.8. The van der Waals surface area contributed by atoms with Crippen LogP contribution in [0.5, 0.6) is 0 Å². The summed E-state index contributed by atoms with van der Waals surface area (Å²) in [5.41, 5.74) is 9.70. The number of rotatable bonds is 8. The van der Waals surface area contributed by atoms with Gasteiger partial charge < -0.3 is 20.3 Å². The van der Waals surface area contributed by atoms with E-state index in [1.54, 1.807) is 0 Å². The fourth-order valence-corrected chi connectivity index (χ4v) is 5.07. The molecule has 172 valence electrons. The summed E-state index contributed by atoms with van der Waals surface area (Å²) >= 11 is 0. The van der Waals surface area contributed by atoms with Crippen LogP contribution in [0.15, 0.2) is 61.2 Å². The number of nitrogens with two attached hydrogens (primary N) is 1. The van der Waals surface area contributed by atoms with Gasteiger partial charge in [0, 0.05) is 36.3 Å². The van der Waals surface area contributed by atoms with E-state index in [2.05, 4.69) is 30.5 Å². The van der Waals surface area contributed by atoms with Gasteiger partial charge in [0.15, 0.2) is 6.29 Å². The number of hydrogen-bond donors (Lipinski definition) is 2. The van der Waals surface area contributed by atoms with Crippen LogP contribution in [0.1, 0.15) is 61.7 Å². The number of ether oxygens (including phenoxy) is 2. The van der Waals surface area contributed by atoms with Crippen LogP contribution in [0.4, 0.5) is 5.69 Å². The van der Waals surface area contributed by atoms with Gasteiger partial charge in [-0.25, -0.2) is 0 Å². The topological polar surface area (TPSA) is 68.0 Å². The summed E-state index contributed by atoms with van der Waals surface area (Å²) < 4.78 is 13.1. The van der Waals surface area contributed by atoms with Crippen LogP contribution in [0.3, 0.4) is 0 Å². The molecule has 1 aliphatic heterocycles. The van der Waals surface area contributed by atoms with Crippen molar-refractivity contribution in [3.63, 3.8) is 0 Å². The third-order valence-corrected chi connectivity index (χ3v) is 6.93. The lowest BCUT2D eigenvalue weighted by Crippen LogP contribution is -2.47. The molecule has 4 atom stereocenters. The minimum Gasteiger partial charge on any atom is -0.399 e. The Bertz CT molecular complexity index is 879. The van der Waals surface area contributed by atoms with Crippen LogP contribution in [0.25, 0.3) is 0 Å². The predicted octanol–water partition coefficient (Wildman–Crippen LogP) is 4.98. The average molecular weight is 437 g/mol. The first-order chi connectivity index (χ1) is 15.6. The maximum absolute atomic E-state index is 9.43. The molecule has 1 aliphatic carbocycles. The quantitative estimate of drug-likeness (QED) is 0.451. The van der Waals surface area contributed by atoms with Crippen molar-refractivity contribution in [3.8, 4) is 0 Å². The van der Waals surface area contributed by atoms with Crippen LogP contribution in [-0.2, 0) is 16.1 Å². The number of aliphatic hydroxyl groups is 1. The minimum absolute atomic E-state index is 0.0123. The van der Waals surface area contributed by atoms with Crippen molar-refractivity contribution in [3.05, 3.63) is 77.9 Å². The molecule has 0 aromatic heterocycles. The van der Waals surface area contributed by atoms with Gasteiger partial charge in [-0.15, -0.1) is 6.58 Å². The van der Waals surface area contributed by atoms with E-state index in [4.69, 9.17) is 15.2 Å². The van der Waals surface area contributed by atoms with Gasteiger partial charge in [0.2, 0.25) is 0 Å². The predicted molar refractivity (Wildman–Crippen MR) is 128 cm³/mol. The molecule has 2 aliphatic rings. The van der Waals surface area contributed by atoms with E-state index < -0.39 is 6.29 Å². The molecule has 0 amide bonds. The monoisotopic (exact) mass is 436 g/mol. The number of benzene rings is 2. The molecule has 2 aromatic carbocycles. The maximum Gasteiger partial charge on any atom is 0.185 e. The van der Waals surface area contributed by atoms with E-state index in [1.165, 1.54) is 25.7 Å². The third kappa shape index (κ3) is 5.24. The van der Waals surface area contributed by atoms with Crippen molar-refractivity contribution in [1.82, 2.24) is 4.90 Å². The first-order valence-corrected chi connectivity index (χ1v) is 11.8. The highest BCUT2D eigenvalue weighted by molar-refractivity contribution is 5.41. The molecule has 0 radical (unpaired) electrons. The summed E-state index contributed by atoms with van der Waals surface area (Å²) in [6.07, 6.45) is 6.52. The Morgan fingerprint density at radius 3 is 2.50 bits per heavy atom. The van der Waals surface area contributed by atoms with Crippen LogP contribution >= 0.6 is 0 Å². The second-order valence-corrected chi connectivity index (χ2v) is 9.17. The van der Waals surface area contributed by atoms with E-state index in [9.17, 15) is 5.11 Å². The summed E-state index contributed by atoms with van der Waals surface area (Å²) in [7, 11) is 0. The van der Waals surface area contributed by atoms with Crippen molar-refractivity contribution in [2.24, 2.45) is 5.92 Å². The minimum atomic E-state index is -0.476. The van der Waals surface area contributed by atoms with Crippen molar-refractivity contribution >= 4 is 5.69 Å². The number of nitrogens with zero attached hydrogens (tertiary/aromatic N) is 1. The number of nitrogen functional groups attached to an aromatic ring is 1. The Morgan fingerprint density at radius 2 is 1.84 bits per heavy atom. The van der Waals surface area contributed by atoms with E-state index in [-0.39, 0.29) is 24.7 Å². The highest BCUT2D eigenvalue weighted by Gasteiger charge is 2.40. The second-order valence-electron chi connectivity index (χ2n) is 9.17. The van der Waals surface area contributed by atoms with Gasteiger partial charge in [0.25, 0.3) is 0 Å². The zero-order valence-corrected chi connectivity index (χ0v) is 19.0. The molecule has 32 heavy (non-hydrogen) atoms. The van der Waals surface area contributed by atoms with Gasteiger partial charge >= 0.3 is 0 Å². The molecule has 5 heteroatoms. The van der Waals surface area contributed by atoms with Gasteiger partial charge in [-0.05, 0) is 36.1 Å². The van der Waals surface area contributed by atoms with Crippen molar-refractivity contribution in [1.29, 1.82) is 0 Å². The highest BCUT2D eigenvalue weighted by Crippen LogP contribution is 2.42. The van der Waals surface area contributed by atoms with Gasteiger partial charge in [-0.3, -0.25) is 4.90 Å². The first kappa shape index (κ1) is 23.0. The van der Waals surface area contributed by atoms with E-state index in [1.807, 2.05) is 42.5 Å². The molecule has 3 N–H and O–H groups in total. The Labute approximate surface area is 191 Å². The molecule has 1 saturated carbocycles. The van der Waals surface area contributed by atoms with Crippen LogP contribution in [0.2, 0.25) is 0 Å². The third-order valence-electron chi connectivity index (χ3n) is 6.93. The zero-order chi connectivity index (χ0) is 22.5. The molecule has 1 heterocycles. The normalized spacial score (nSPS) is 26.5. The molecule has 2 fully saturated rings. The van der Waals surface area contributed by atoms with Crippen molar-refractivity contribution in [2.45, 2.75) is 63.8 Å². The Balaban J connectivity index is 1.61. The molecule has 1 saturated heterocycles. The molecule has 5 nitrogen and oxygen atoms in total. The smallest absolute Gasteiger partial charge is 0.185 e. The maximum atomic E-state index is 9.43. The standard InChI is InChI=1S/C27H36N2O3/c1-3-15-29(24-9-4-5-10-24)17-25-19(2)26(21-13-11-20(18-30)12-14-21)32-27(31-25)22-7-6-8-23(28)16-22/h3,6-8,11-14,16,19,24-27,30H,1,4-5,9-10,15,17-18,28H2,2H3/t19-,25+,26+,27+/m1/s1. The van der Waals surface area contributed by atoms with Gasteiger partial charge in [0.1, 0.15) is 0 Å². The number of anilines is 1. The van der Waals surface area contributed by atoms with E-state index >= 15 is 0 Å². The van der Waals surface area contributed by atoms with Crippen molar-refractivity contribution < 1.29 is 14.6 Å². The lowest BCUT2D eigenvalue weighted by molar-refractivity contribution is -0.276. The van der Waals surface area contributed by atoms with Crippen LogP contribution in [-0.4, -0.2) is 35.2 Å². The molecule has 0 spiro atoms. The Hall–Kier alpha value is -2.18. The van der Waals surface area contributed by atoms with E-state index in [0.29, 0.717) is 11.7 Å². The van der Waals surface area contributed by atoms with Gasteiger partial charge in [-0.2, -0.15) is 0 Å². The molecule has 4 rings (SSSR count). The fraction of sp³-hybridized carbons (Fsp3) is 0.481. The zero-order valence-electron chi connectivity index (χ0n) is 19.0. The Morgan fingerprint density at radius 1 is 1.09 bits per heavy atom. The molecular formula is C27H36N2O3. The summed E-state index contributed by atoms with van der Waals surface area (Å²) in [6, 6.07) is 16.4. The summed E-state index contributed by atoms with van der Waals surface area (Å²) in [6.45, 7) is 7.97. The fourth-order valence-electron chi connectivity index (χ4n) is 5.07. The Kier molecular flexibility index (Phi) is 7.63. The summed E-state index contributed by atoms with van der Waals surface area (Å²) in [4.78, 5) is 2.54. The number of hydrogen-bond acceptors (Lipinski definition) is 5. The summed E-state index contributed by atoms with van der Waals surface area (Å²) in [5, 5.41) is 9.43. The lowest BCUT2D eigenvalue weighted by Gasteiger charge is -2.43. The SMILES string of the molecule is C=CCN(C[C@@H]1O[C@H](c2cccc(N)c2)O[C@H](c2ccc(CO)cc2)[C@@H]1C)C1CCCC1. The average Bonchev–Trinajstić information content (AvgIpc) is 3.35. The van der Waals surface area contributed by atoms with Crippen molar-refractivity contribution in [2.75, 3.05) is 18.8 Å². The highest BCUT2D eigenvalue weighted by atomic mass is 16.7. The number of aliphatic hydroxyl groups excluding tert-OH is 1. The largest absolute Gasteiger partial charge is 0.399 e. The lowest BCUT2D eigenvalue weighted by atomic mass is 9.89. The van der Waals surface area contributed by atoms with Crippen LogP contribution in [0, 0.1) is 5.92 Å². The molecule has 2 aromatic rings. The molecule has 0 bridgehead atoms. The van der Waals surface area contributed by atoms with Gasteiger partial charge in [0.05, 0.1) is 18.8 Å². The molecular weight excluding hydrogens is 400 g/mol. The van der Waals surface area contributed by atoms with Crippen LogP contribution < -0.4 is 5.73 Å². The van der Waals surface area contributed by atoms with Gasteiger partial charge in [-0.1, -0.05) is 62.2 Å².